The van der Waals surface area contributed by atoms with Gasteiger partial charge in [0.25, 0.3) is 0 Å². The number of aryl methyl sites for hydroxylation is 1. The first kappa shape index (κ1) is 16.7. The van der Waals surface area contributed by atoms with Crippen LogP contribution in [-0.4, -0.2) is 25.7 Å². The average molecular weight is 358 g/mol. The molecule has 0 radical (unpaired) electrons. The third-order valence-corrected chi connectivity index (χ3v) is 4.09. The zero-order chi connectivity index (χ0) is 18.8. The van der Waals surface area contributed by atoms with Crippen molar-refractivity contribution in [3.63, 3.8) is 0 Å². The summed E-state index contributed by atoms with van der Waals surface area (Å²) in [5.41, 5.74) is 4.37. The van der Waals surface area contributed by atoms with Crippen LogP contribution in [0.4, 0.5) is 17.2 Å². The van der Waals surface area contributed by atoms with Crippen molar-refractivity contribution in [3.05, 3.63) is 66.6 Å². The smallest absolute Gasteiger partial charge is 0.221 e. The van der Waals surface area contributed by atoms with Crippen LogP contribution in [0.15, 0.2) is 61.1 Å². The molecular weight excluding hydrogens is 340 g/mol. The van der Waals surface area contributed by atoms with Crippen molar-refractivity contribution < 1.29 is 4.79 Å². The molecule has 0 saturated carbocycles. The minimum absolute atomic E-state index is 0.115. The van der Waals surface area contributed by atoms with Crippen LogP contribution in [0, 0.1) is 6.92 Å². The fourth-order valence-electron chi connectivity index (χ4n) is 2.83. The third-order valence-electron chi connectivity index (χ3n) is 4.09. The van der Waals surface area contributed by atoms with Crippen LogP contribution in [0.3, 0.4) is 0 Å². The number of hydrogen-bond donors (Lipinski definition) is 2. The van der Waals surface area contributed by atoms with Gasteiger partial charge in [0.05, 0.1) is 17.3 Å². The first-order chi connectivity index (χ1) is 13.1. The van der Waals surface area contributed by atoms with Crippen molar-refractivity contribution in [3.8, 4) is 5.69 Å². The molecule has 0 atom stereocenters. The quantitative estimate of drug-likeness (QED) is 0.579. The minimum Gasteiger partial charge on any atom is -0.339 e. The van der Waals surface area contributed by atoms with Gasteiger partial charge in [-0.25, -0.2) is 14.6 Å². The maximum atomic E-state index is 11.3. The molecule has 2 aromatic carbocycles. The standard InChI is InChI=1S/C20H18N6O/c1-13-6-8-17(9-7-13)26-20-18(11-23-26)19(21-12-22-20)25-16-5-3-4-15(10-16)24-14(2)27/h3-12H,1-2H3,(H,24,27)(H,21,22,25). The Hall–Kier alpha value is -3.74. The highest BCUT2D eigenvalue weighted by Gasteiger charge is 2.11. The Morgan fingerprint density at radius 1 is 1.04 bits per heavy atom. The summed E-state index contributed by atoms with van der Waals surface area (Å²) in [7, 11) is 0. The molecular formula is C20H18N6O. The van der Waals surface area contributed by atoms with E-state index in [-0.39, 0.29) is 5.91 Å². The number of nitrogens with zero attached hydrogens (tertiary/aromatic N) is 4. The molecule has 0 spiro atoms. The first-order valence-electron chi connectivity index (χ1n) is 8.50. The molecule has 27 heavy (non-hydrogen) atoms. The molecule has 4 rings (SSSR count). The van der Waals surface area contributed by atoms with Crippen LogP contribution in [0.1, 0.15) is 12.5 Å². The molecule has 1 amide bonds. The molecule has 2 N–H and O–H groups in total. The highest BCUT2D eigenvalue weighted by molar-refractivity contribution is 5.91. The Balaban J connectivity index is 1.69. The summed E-state index contributed by atoms with van der Waals surface area (Å²) in [6.07, 6.45) is 3.25. The molecule has 0 bridgehead atoms. The molecule has 0 aliphatic heterocycles. The Morgan fingerprint density at radius 3 is 2.59 bits per heavy atom. The van der Waals surface area contributed by atoms with Crippen molar-refractivity contribution >= 4 is 34.1 Å². The molecule has 2 heterocycles. The van der Waals surface area contributed by atoms with E-state index in [0.717, 1.165) is 22.4 Å². The lowest BCUT2D eigenvalue weighted by molar-refractivity contribution is -0.114. The molecule has 0 saturated heterocycles. The third kappa shape index (κ3) is 3.48. The molecule has 0 aliphatic carbocycles. The van der Waals surface area contributed by atoms with Crippen molar-refractivity contribution in [1.82, 2.24) is 19.7 Å². The van der Waals surface area contributed by atoms with Gasteiger partial charge in [-0.15, -0.1) is 0 Å². The zero-order valence-electron chi connectivity index (χ0n) is 15.0. The van der Waals surface area contributed by atoms with Gasteiger partial charge in [-0.3, -0.25) is 4.79 Å². The largest absolute Gasteiger partial charge is 0.339 e. The van der Waals surface area contributed by atoms with Crippen molar-refractivity contribution in [2.75, 3.05) is 10.6 Å². The fraction of sp³-hybridized carbons (Fsp3) is 0.100. The predicted octanol–water partition coefficient (Wildman–Crippen LogP) is 3.83. The summed E-state index contributed by atoms with van der Waals surface area (Å²) >= 11 is 0. The Labute approximate surface area is 156 Å². The van der Waals surface area contributed by atoms with E-state index >= 15 is 0 Å². The lowest BCUT2D eigenvalue weighted by Crippen LogP contribution is -2.06. The van der Waals surface area contributed by atoms with Gasteiger partial charge in [0.1, 0.15) is 12.1 Å². The van der Waals surface area contributed by atoms with E-state index in [0.29, 0.717) is 11.5 Å². The number of aromatic nitrogens is 4. The molecule has 0 aliphatic rings. The minimum atomic E-state index is -0.115. The number of benzene rings is 2. The molecule has 7 nitrogen and oxygen atoms in total. The van der Waals surface area contributed by atoms with Crippen molar-refractivity contribution in [2.45, 2.75) is 13.8 Å². The highest BCUT2D eigenvalue weighted by atomic mass is 16.1. The van der Waals surface area contributed by atoms with E-state index < -0.39 is 0 Å². The second-order valence-electron chi connectivity index (χ2n) is 6.24. The Bertz CT molecular complexity index is 1120. The lowest BCUT2D eigenvalue weighted by Gasteiger charge is -2.09. The van der Waals surface area contributed by atoms with Crippen LogP contribution >= 0.6 is 0 Å². The predicted molar refractivity (Wildman–Crippen MR) is 105 cm³/mol. The summed E-state index contributed by atoms with van der Waals surface area (Å²) in [6.45, 7) is 3.53. The van der Waals surface area contributed by atoms with Gasteiger partial charge in [0.2, 0.25) is 5.91 Å². The van der Waals surface area contributed by atoms with Gasteiger partial charge < -0.3 is 10.6 Å². The number of anilines is 3. The summed E-state index contributed by atoms with van der Waals surface area (Å²) in [6, 6.07) is 15.5. The summed E-state index contributed by atoms with van der Waals surface area (Å²) < 4.78 is 1.79. The Kier molecular flexibility index (Phi) is 4.25. The number of carbonyl (C=O) groups excluding carboxylic acids is 1. The van der Waals surface area contributed by atoms with E-state index in [2.05, 4.69) is 25.7 Å². The normalized spacial score (nSPS) is 10.7. The maximum absolute atomic E-state index is 11.3. The van der Waals surface area contributed by atoms with Crippen LogP contribution in [0.25, 0.3) is 16.7 Å². The molecule has 7 heteroatoms. The van der Waals surface area contributed by atoms with E-state index in [1.165, 1.54) is 18.8 Å². The summed E-state index contributed by atoms with van der Waals surface area (Å²) in [5.74, 6) is 0.536. The Morgan fingerprint density at radius 2 is 1.81 bits per heavy atom. The van der Waals surface area contributed by atoms with Gasteiger partial charge in [-0.2, -0.15) is 5.10 Å². The second kappa shape index (κ2) is 6.87. The summed E-state index contributed by atoms with van der Waals surface area (Å²) in [5, 5.41) is 11.3. The number of rotatable bonds is 4. The molecule has 134 valence electrons. The maximum Gasteiger partial charge on any atom is 0.221 e. The van der Waals surface area contributed by atoms with Crippen LogP contribution in [0.2, 0.25) is 0 Å². The summed E-state index contributed by atoms with van der Waals surface area (Å²) in [4.78, 5) is 20.0. The fourth-order valence-corrected chi connectivity index (χ4v) is 2.83. The van der Waals surface area contributed by atoms with E-state index in [1.807, 2.05) is 55.5 Å². The van der Waals surface area contributed by atoms with Gasteiger partial charge in [0, 0.05) is 18.3 Å². The number of amides is 1. The van der Waals surface area contributed by atoms with E-state index in [9.17, 15) is 4.79 Å². The van der Waals surface area contributed by atoms with Gasteiger partial charge in [0.15, 0.2) is 5.65 Å². The average Bonchev–Trinajstić information content (AvgIpc) is 3.07. The molecule has 0 unspecified atom stereocenters. The van der Waals surface area contributed by atoms with Crippen LogP contribution in [-0.2, 0) is 4.79 Å². The van der Waals surface area contributed by atoms with E-state index in [1.54, 1.807) is 10.9 Å². The topological polar surface area (TPSA) is 84.7 Å². The number of fused-ring (bicyclic) bond motifs is 1. The SMILES string of the molecule is CC(=O)Nc1cccc(Nc2ncnc3c2cnn3-c2ccc(C)cc2)c1. The van der Waals surface area contributed by atoms with Crippen LogP contribution in [0.5, 0.6) is 0 Å². The number of hydrogen-bond acceptors (Lipinski definition) is 5. The second-order valence-corrected chi connectivity index (χ2v) is 6.24. The van der Waals surface area contributed by atoms with Gasteiger partial charge >= 0.3 is 0 Å². The molecule has 2 aromatic heterocycles. The first-order valence-corrected chi connectivity index (χ1v) is 8.50. The molecule has 4 aromatic rings. The zero-order valence-corrected chi connectivity index (χ0v) is 15.0. The number of nitrogens with one attached hydrogen (secondary N) is 2. The monoisotopic (exact) mass is 358 g/mol. The van der Waals surface area contributed by atoms with Crippen molar-refractivity contribution in [1.29, 1.82) is 0 Å². The number of carbonyl (C=O) groups is 1. The van der Waals surface area contributed by atoms with Gasteiger partial charge in [-0.1, -0.05) is 23.8 Å². The van der Waals surface area contributed by atoms with E-state index in [4.69, 9.17) is 0 Å². The van der Waals surface area contributed by atoms with Gasteiger partial charge in [-0.05, 0) is 37.3 Å². The van der Waals surface area contributed by atoms with Crippen molar-refractivity contribution in [2.24, 2.45) is 0 Å². The highest BCUT2D eigenvalue weighted by Crippen LogP contribution is 2.25. The molecule has 0 fully saturated rings. The van der Waals surface area contributed by atoms with Crippen LogP contribution < -0.4 is 10.6 Å². The lowest BCUT2D eigenvalue weighted by atomic mass is 10.2.